The monoisotopic (exact) mass is 248 g/mol. The van der Waals surface area contributed by atoms with Crippen molar-refractivity contribution < 1.29 is 0 Å². The van der Waals surface area contributed by atoms with Crippen LogP contribution in [0.1, 0.15) is 40.2 Å². The molecular weight excluding hydrogens is 220 g/mol. The SMILES string of the molecule is CCN(CC)CCNc1ccc(C(C)(C)C)cc1. The van der Waals surface area contributed by atoms with E-state index in [1.54, 1.807) is 0 Å². The Morgan fingerprint density at radius 3 is 2.00 bits per heavy atom. The number of hydrogen-bond acceptors (Lipinski definition) is 2. The van der Waals surface area contributed by atoms with Crippen LogP contribution in [0.15, 0.2) is 24.3 Å². The summed E-state index contributed by atoms with van der Waals surface area (Å²) in [4.78, 5) is 2.43. The van der Waals surface area contributed by atoms with E-state index in [9.17, 15) is 0 Å². The summed E-state index contributed by atoms with van der Waals surface area (Å²) in [5, 5.41) is 3.48. The van der Waals surface area contributed by atoms with Crippen LogP contribution in [0.2, 0.25) is 0 Å². The molecule has 102 valence electrons. The number of benzene rings is 1. The molecule has 2 nitrogen and oxygen atoms in total. The van der Waals surface area contributed by atoms with Crippen LogP contribution in [0.25, 0.3) is 0 Å². The lowest BCUT2D eigenvalue weighted by Crippen LogP contribution is -2.28. The fourth-order valence-electron chi connectivity index (χ4n) is 1.99. The highest BCUT2D eigenvalue weighted by atomic mass is 15.1. The van der Waals surface area contributed by atoms with Crippen LogP contribution < -0.4 is 5.32 Å². The lowest BCUT2D eigenvalue weighted by atomic mass is 9.87. The van der Waals surface area contributed by atoms with E-state index >= 15 is 0 Å². The molecule has 0 amide bonds. The largest absolute Gasteiger partial charge is 0.384 e. The summed E-state index contributed by atoms with van der Waals surface area (Å²) in [6.45, 7) is 15.5. The highest BCUT2D eigenvalue weighted by Gasteiger charge is 2.12. The van der Waals surface area contributed by atoms with Gasteiger partial charge in [0, 0.05) is 18.8 Å². The van der Waals surface area contributed by atoms with Gasteiger partial charge in [-0.2, -0.15) is 0 Å². The molecule has 1 N–H and O–H groups in total. The quantitative estimate of drug-likeness (QED) is 0.825. The summed E-state index contributed by atoms with van der Waals surface area (Å²) < 4.78 is 0. The minimum Gasteiger partial charge on any atom is -0.384 e. The minimum atomic E-state index is 0.236. The van der Waals surface area contributed by atoms with Crippen molar-refractivity contribution in [3.8, 4) is 0 Å². The van der Waals surface area contributed by atoms with E-state index in [-0.39, 0.29) is 5.41 Å². The molecule has 18 heavy (non-hydrogen) atoms. The summed E-state index contributed by atoms with van der Waals surface area (Å²) in [6.07, 6.45) is 0. The average Bonchev–Trinajstić information content (AvgIpc) is 2.34. The summed E-state index contributed by atoms with van der Waals surface area (Å²) in [5.41, 5.74) is 2.84. The van der Waals surface area contributed by atoms with Crippen LogP contribution in [0.3, 0.4) is 0 Å². The highest BCUT2D eigenvalue weighted by Crippen LogP contribution is 2.23. The van der Waals surface area contributed by atoms with Crippen LogP contribution in [0, 0.1) is 0 Å². The zero-order valence-corrected chi connectivity index (χ0v) is 12.6. The first-order chi connectivity index (χ1) is 8.47. The molecule has 0 aromatic heterocycles. The number of nitrogens with zero attached hydrogens (tertiary/aromatic N) is 1. The summed E-state index contributed by atoms with van der Waals surface area (Å²) in [6, 6.07) is 8.81. The Kier molecular flexibility index (Phi) is 5.67. The molecule has 1 aromatic rings. The molecule has 0 aliphatic heterocycles. The van der Waals surface area contributed by atoms with Crippen molar-refractivity contribution in [1.82, 2.24) is 4.90 Å². The zero-order chi connectivity index (χ0) is 13.6. The van der Waals surface area contributed by atoms with Gasteiger partial charge < -0.3 is 10.2 Å². The van der Waals surface area contributed by atoms with Crippen LogP contribution in [0.5, 0.6) is 0 Å². The molecule has 0 unspecified atom stereocenters. The minimum absolute atomic E-state index is 0.236. The van der Waals surface area contributed by atoms with Gasteiger partial charge in [0.1, 0.15) is 0 Å². The second-order valence-corrected chi connectivity index (χ2v) is 5.78. The molecule has 1 aromatic carbocycles. The second-order valence-electron chi connectivity index (χ2n) is 5.78. The van der Waals surface area contributed by atoms with E-state index in [4.69, 9.17) is 0 Å². The van der Waals surface area contributed by atoms with Crippen molar-refractivity contribution in [1.29, 1.82) is 0 Å². The van der Waals surface area contributed by atoms with Crippen molar-refractivity contribution in [2.24, 2.45) is 0 Å². The fourth-order valence-corrected chi connectivity index (χ4v) is 1.99. The molecule has 0 saturated carbocycles. The Balaban J connectivity index is 2.45. The molecule has 0 aliphatic rings. The Hall–Kier alpha value is -1.02. The summed E-state index contributed by atoms with van der Waals surface area (Å²) >= 11 is 0. The van der Waals surface area contributed by atoms with Gasteiger partial charge >= 0.3 is 0 Å². The third-order valence-electron chi connectivity index (χ3n) is 3.40. The number of hydrogen-bond donors (Lipinski definition) is 1. The Morgan fingerprint density at radius 2 is 1.56 bits per heavy atom. The van der Waals surface area contributed by atoms with Crippen molar-refractivity contribution in [3.63, 3.8) is 0 Å². The predicted octanol–water partition coefficient (Wildman–Crippen LogP) is 3.74. The third-order valence-corrected chi connectivity index (χ3v) is 3.40. The molecule has 0 heterocycles. The van der Waals surface area contributed by atoms with E-state index < -0.39 is 0 Å². The zero-order valence-electron chi connectivity index (χ0n) is 12.6. The smallest absolute Gasteiger partial charge is 0.0340 e. The Bertz CT molecular complexity index is 331. The average molecular weight is 248 g/mol. The lowest BCUT2D eigenvalue weighted by Gasteiger charge is -2.20. The standard InChI is InChI=1S/C16H28N2/c1-6-18(7-2)13-12-17-15-10-8-14(9-11-15)16(3,4)5/h8-11,17H,6-7,12-13H2,1-5H3. The molecule has 2 heteroatoms. The van der Waals surface area contributed by atoms with E-state index in [2.05, 4.69) is 69.1 Å². The van der Waals surface area contributed by atoms with E-state index in [1.807, 2.05) is 0 Å². The first-order valence-electron chi connectivity index (χ1n) is 7.04. The van der Waals surface area contributed by atoms with Gasteiger partial charge in [-0.15, -0.1) is 0 Å². The van der Waals surface area contributed by atoms with Crippen molar-refractivity contribution in [2.75, 3.05) is 31.5 Å². The van der Waals surface area contributed by atoms with Gasteiger partial charge in [0.2, 0.25) is 0 Å². The number of likely N-dealkylation sites (N-methyl/N-ethyl adjacent to an activating group) is 1. The van der Waals surface area contributed by atoms with Crippen molar-refractivity contribution >= 4 is 5.69 Å². The Labute approximate surface area is 112 Å². The summed E-state index contributed by atoms with van der Waals surface area (Å²) in [5.74, 6) is 0. The molecule has 1 rings (SSSR count). The van der Waals surface area contributed by atoms with Crippen molar-refractivity contribution in [2.45, 2.75) is 40.0 Å². The van der Waals surface area contributed by atoms with Crippen LogP contribution in [0.4, 0.5) is 5.69 Å². The van der Waals surface area contributed by atoms with Gasteiger partial charge in [-0.05, 0) is 36.2 Å². The van der Waals surface area contributed by atoms with E-state index in [0.717, 1.165) is 26.2 Å². The molecular formula is C16H28N2. The molecule has 0 radical (unpaired) electrons. The van der Waals surface area contributed by atoms with Crippen LogP contribution in [-0.4, -0.2) is 31.1 Å². The lowest BCUT2D eigenvalue weighted by molar-refractivity contribution is 0.316. The summed E-state index contributed by atoms with van der Waals surface area (Å²) in [7, 11) is 0. The first kappa shape index (κ1) is 15.0. The highest BCUT2D eigenvalue weighted by molar-refractivity contribution is 5.45. The number of rotatable bonds is 6. The van der Waals surface area contributed by atoms with Gasteiger partial charge in [-0.1, -0.05) is 46.8 Å². The van der Waals surface area contributed by atoms with Gasteiger partial charge in [0.05, 0.1) is 0 Å². The van der Waals surface area contributed by atoms with Gasteiger partial charge in [0.25, 0.3) is 0 Å². The molecule has 0 fully saturated rings. The molecule has 0 bridgehead atoms. The van der Waals surface area contributed by atoms with Crippen LogP contribution >= 0.6 is 0 Å². The number of anilines is 1. The maximum atomic E-state index is 3.48. The molecule has 0 saturated heterocycles. The normalized spacial score (nSPS) is 11.9. The fraction of sp³-hybridized carbons (Fsp3) is 0.625. The molecule has 0 atom stereocenters. The number of nitrogens with one attached hydrogen (secondary N) is 1. The van der Waals surface area contributed by atoms with E-state index in [1.165, 1.54) is 11.3 Å². The topological polar surface area (TPSA) is 15.3 Å². The van der Waals surface area contributed by atoms with Crippen LogP contribution in [-0.2, 0) is 5.41 Å². The van der Waals surface area contributed by atoms with Gasteiger partial charge in [0.15, 0.2) is 0 Å². The maximum Gasteiger partial charge on any atom is 0.0340 e. The van der Waals surface area contributed by atoms with Gasteiger partial charge in [-0.25, -0.2) is 0 Å². The Morgan fingerprint density at radius 1 is 1.00 bits per heavy atom. The maximum absolute atomic E-state index is 3.48. The third kappa shape index (κ3) is 4.69. The molecule has 0 aliphatic carbocycles. The molecule has 0 spiro atoms. The first-order valence-corrected chi connectivity index (χ1v) is 7.04. The second kappa shape index (κ2) is 6.79. The van der Waals surface area contributed by atoms with Gasteiger partial charge in [-0.3, -0.25) is 0 Å². The van der Waals surface area contributed by atoms with Crippen molar-refractivity contribution in [3.05, 3.63) is 29.8 Å². The van der Waals surface area contributed by atoms with E-state index in [0.29, 0.717) is 0 Å². The predicted molar refractivity (Wildman–Crippen MR) is 81.4 cm³/mol.